The van der Waals surface area contributed by atoms with E-state index in [0.717, 1.165) is 49.8 Å². The van der Waals surface area contributed by atoms with Crippen molar-refractivity contribution >= 4 is 17.2 Å². The number of thiazole rings is 1. The first-order valence-corrected chi connectivity index (χ1v) is 8.91. The fourth-order valence-electron chi connectivity index (χ4n) is 2.95. The maximum atomic E-state index is 12.7. The van der Waals surface area contributed by atoms with Gasteiger partial charge in [0.25, 0.3) is 0 Å². The third-order valence-corrected chi connectivity index (χ3v) is 5.10. The number of hydrogen-bond acceptors (Lipinski definition) is 5. The van der Waals surface area contributed by atoms with Crippen LogP contribution < -0.4 is 0 Å². The highest BCUT2D eigenvalue weighted by atomic mass is 32.1. The Morgan fingerprint density at radius 2 is 2.22 bits per heavy atom. The van der Waals surface area contributed by atoms with Crippen molar-refractivity contribution in [1.82, 2.24) is 24.3 Å². The minimum absolute atomic E-state index is 0.175. The van der Waals surface area contributed by atoms with Crippen LogP contribution in [0, 0.1) is 6.92 Å². The summed E-state index contributed by atoms with van der Waals surface area (Å²) in [6, 6.07) is -0.190. The van der Waals surface area contributed by atoms with Gasteiger partial charge in [-0.05, 0) is 20.3 Å². The van der Waals surface area contributed by atoms with Gasteiger partial charge in [-0.15, -0.1) is 11.3 Å². The Morgan fingerprint density at radius 3 is 2.91 bits per heavy atom. The molecule has 2 aromatic heterocycles. The van der Waals surface area contributed by atoms with Crippen molar-refractivity contribution < 1.29 is 4.79 Å². The minimum Gasteiger partial charge on any atom is -0.340 e. The zero-order valence-electron chi connectivity index (χ0n) is 13.7. The van der Waals surface area contributed by atoms with Crippen LogP contribution in [-0.4, -0.2) is 56.4 Å². The summed E-state index contributed by atoms with van der Waals surface area (Å²) < 4.78 is 1.86. The van der Waals surface area contributed by atoms with Gasteiger partial charge in [-0.3, -0.25) is 9.69 Å². The second-order valence-corrected chi connectivity index (χ2v) is 7.06. The standard InChI is InChI=1S/C16H23N5OS/c1-13(21-7-4-17-12-21)16(22)20-6-3-5-19(8-9-20)10-15-11-23-14(2)18-15/h4,7,11-13H,3,5-6,8-10H2,1-2H3/t13-/m0/s1. The zero-order valence-corrected chi connectivity index (χ0v) is 14.5. The van der Waals surface area contributed by atoms with E-state index in [0.29, 0.717) is 0 Å². The summed E-state index contributed by atoms with van der Waals surface area (Å²) in [4.78, 5) is 25.6. The van der Waals surface area contributed by atoms with Crippen LogP contribution in [0.15, 0.2) is 24.1 Å². The lowest BCUT2D eigenvalue weighted by Crippen LogP contribution is -2.38. The van der Waals surface area contributed by atoms with Crippen molar-refractivity contribution in [2.24, 2.45) is 0 Å². The number of rotatable bonds is 4. The predicted octanol–water partition coefficient (Wildman–Crippen LogP) is 1.94. The molecule has 1 aliphatic heterocycles. The lowest BCUT2D eigenvalue weighted by molar-refractivity contribution is -0.134. The highest BCUT2D eigenvalue weighted by Crippen LogP contribution is 2.15. The molecule has 7 heteroatoms. The van der Waals surface area contributed by atoms with Crippen LogP contribution in [0.2, 0.25) is 0 Å². The second-order valence-electron chi connectivity index (χ2n) is 6.00. The van der Waals surface area contributed by atoms with Crippen molar-refractivity contribution in [2.75, 3.05) is 26.2 Å². The number of carbonyl (C=O) groups is 1. The van der Waals surface area contributed by atoms with Crippen LogP contribution in [0.3, 0.4) is 0 Å². The van der Waals surface area contributed by atoms with E-state index >= 15 is 0 Å². The topological polar surface area (TPSA) is 54.3 Å². The number of amides is 1. The third-order valence-electron chi connectivity index (χ3n) is 4.28. The van der Waals surface area contributed by atoms with E-state index < -0.39 is 0 Å². The molecule has 3 heterocycles. The highest BCUT2D eigenvalue weighted by molar-refractivity contribution is 7.09. The highest BCUT2D eigenvalue weighted by Gasteiger charge is 2.24. The van der Waals surface area contributed by atoms with Gasteiger partial charge in [0, 0.05) is 50.5 Å². The molecule has 0 spiro atoms. The number of carbonyl (C=O) groups excluding carboxylic acids is 1. The number of hydrogen-bond donors (Lipinski definition) is 0. The molecule has 6 nitrogen and oxygen atoms in total. The van der Waals surface area contributed by atoms with Crippen molar-refractivity contribution in [3.8, 4) is 0 Å². The van der Waals surface area contributed by atoms with Crippen molar-refractivity contribution in [2.45, 2.75) is 32.9 Å². The average Bonchev–Trinajstić information content (AvgIpc) is 3.15. The Morgan fingerprint density at radius 1 is 1.35 bits per heavy atom. The summed E-state index contributed by atoms with van der Waals surface area (Å²) in [7, 11) is 0. The van der Waals surface area contributed by atoms with E-state index in [4.69, 9.17) is 0 Å². The molecule has 0 aliphatic carbocycles. The van der Waals surface area contributed by atoms with Crippen LogP contribution >= 0.6 is 11.3 Å². The summed E-state index contributed by atoms with van der Waals surface area (Å²) in [5.41, 5.74) is 1.14. The Balaban J connectivity index is 1.56. The Hall–Kier alpha value is -1.73. The quantitative estimate of drug-likeness (QED) is 0.858. The van der Waals surface area contributed by atoms with Gasteiger partial charge in [0.05, 0.1) is 17.0 Å². The molecule has 3 rings (SSSR count). The lowest BCUT2D eigenvalue weighted by Gasteiger charge is -2.25. The van der Waals surface area contributed by atoms with Gasteiger partial charge in [-0.25, -0.2) is 9.97 Å². The lowest BCUT2D eigenvalue weighted by atomic mass is 10.2. The first-order chi connectivity index (χ1) is 11.1. The molecule has 0 N–H and O–H groups in total. The van der Waals surface area contributed by atoms with E-state index in [2.05, 4.69) is 20.2 Å². The predicted molar refractivity (Wildman–Crippen MR) is 90.3 cm³/mol. The van der Waals surface area contributed by atoms with Crippen LogP contribution in [0.1, 0.15) is 30.1 Å². The van der Waals surface area contributed by atoms with Crippen molar-refractivity contribution in [3.63, 3.8) is 0 Å². The maximum Gasteiger partial charge on any atom is 0.245 e. The molecule has 0 bridgehead atoms. The number of aryl methyl sites for hydroxylation is 1. The molecule has 1 saturated heterocycles. The molecule has 1 aliphatic rings. The summed E-state index contributed by atoms with van der Waals surface area (Å²) in [6.45, 7) is 8.37. The molecule has 0 radical (unpaired) electrons. The van der Waals surface area contributed by atoms with E-state index in [1.54, 1.807) is 23.9 Å². The SMILES string of the molecule is Cc1nc(CN2CCCN(C(=O)[C@H](C)n3ccnc3)CC2)cs1. The van der Waals surface area contributed by atoms with E-state index in [-0.39, 0.29) is 11.9 Å². The maximum absolute atomic E-state index is 12.7. The van der Waals surface area contributed by atoms with Crippen molar-refractivity contribution in [3.05, 3.63) is 34.8 Å². The molecule has 23 heavy (non-hydrogen) atoms. The van der Waals surface area contributed by atoms with E-state index in [1.807, 2.05) is 29.5 Å². The molecular formula is C16H23N5OS. The normalized spacial score (nSPS) is 17.9. The molecule has 1 atom stereocenters. The van der Waals surface area contributed by atoms with Gasteiger partial charge in [0.15, 0.2) is 0 Å². The zero-order chi connectivity index (χ0) is 16.2. The van der Waals surface area contributed by atoms with E-state index in [1.165, 1.54) is 0 Å². The van der Waals surface area contributed by atoms with Gasteiger partial charge in [-0.2, -0.15) is 0 Å². The Kier molecular flexibility index (Phi) is 5.07. The molecule has 2 aromatic rings. The van der Waals surface area contributed by atoms with Gasteiger partial charge < -0.3 is 9.47 Å². The molecule has 1 amide bonds. The van der Waals surface area contributed by atoms with Crippen LogP contribution in [-0.2, 0) is 11.3 Å². The van der Waals surface area contributed by atoms with Crippen LogP contribution in [0.5, 0.6) is 0 Å². The Labute approximate surface area is 140 Å². The van der Waals surface area contributed by atoms with Gasteiger partial charge in [-0.1, -0.05) is 0 Å². The van der Waals surface area contributed by atoms with Gasteiger partial charge >= 0.3 is 0 Å². The average molecular weight is 333 g/mol. The molecular weight excluding hydrogens is 310 g/mol. The molecule has 1 fully saturated rings. The number of imidazole rings is 1. The van der Waals surface area contributed by atoms with E-state index in [9.17, 15) is 4.79 Å². The fourth-order valence-corrected chi connectivity index (χ4v) is 3.55. The minimum atomic E-state index is -0.190. The summed E-state index contributed by atoms with van der Waals surface area (Å²) in [6.07, 6.45) is 6.27. The van der Waals surface area contributed by atoms with Gasteiger partial charge in [0.1, 0.15) is 6.04 Å². The van der Waals surface area contributed by atoms with Crippen LogP contribution in [0.25, 0.3) is 0 Å². The molecule has 0 unspecified atom stereocenters. The van der Waals surface area contributed by atoms with Gasteiger partial charge in [0.2, 0.25) is 5.91 Å². The summed E-state index contributed by atoms with van der Waals surface area (Å²) in [5.74, 6) is 0.175. The molecule has 0 saturated carbocycles. The summed E-state index contributed by atoms with van der Waals surface area (Å²) >= 11 is 1.70. The summed E-state index contributed by atoms with van der Waals surface area (Å²) in [5, 5.41) is 3.24. The third kappa shape index (κ3) is 3.97. The number of aromatic nitrogens is 3. The monoisotopic (exact) mass is 333 g/mol. The number of nitrogens with zero attached hydrogens (tertiary/aromatic N) is 5. The fraction of sp³-hybridized carbons (Fsp3) is 0.562. The first-order valence-electron chi connectivity index (χ1n) is 8.03. The molecule has 124 valence electrons. The van der Waals surface area contributed by atoms with Crippen LogP contribution in [0.4, 0.5) is 0 Å². The first kappa shape index (κ1) is 16.1. The second kappa shape index (κ2) is 7.23. The van der Waals surface area contributed by atoms with Crippen molar-refractivity contribution in [1.29, 1.82) is 0 Å². The molecule has 0 aromatic carbocycles. The largest absolute Gasteiger partial charge is 0.340 e. The Bertz CT molecular complexity index is 639. The smallest absolute Gasteiger partial charge is 0.245 e.